The van der Waals surface area contributed by atoms with E-state index >= 15 is 0 Å². The van der Waals surface area contributed by atoms with Gasteiger partial charge in [0.25, 0.3) is 0 Å². The van der Waals surface area contributed by atoms with Gasteiger partial charge in [0.1, 0.15) is 23.5 Å². The number of benzene rings is 1. The first-order valence-corrected chi connectivity index (χ1v) is 4.66. The van der Waals surface area contributed by atoms with Crippen molar-refractivity contribution in [2.45, 2.75) is 6.42 Å². The van der Waals surface area contributed by atoms with Crippen molar-refractivity contribution in [3.05, 3.63) is 47.6 Å². The maximum absolute atomic E-state index is 9.85. The Kier molecular flexibility index (Phi) is 3.89. The van der Waals surface area contributed by atoms with E-state index in [1.807, 2.05) is 0 Å². The highest BCUT2D eigenvalue weighted by Gasteiger charge is 2.04. The van der Waals surface area contributed by atoms with Crippen LogP contribution in [0.1, 0.15) is 11.1 Å². The molecule has 0 saturated heterocycles. The zero-order chi connectivity index (χ0) is 12.0. The summed E-state index contributed by atoms with van der Waals surface area (Å²) in [6.07, 6.45) is 3.59. The van der Waals surface area contributed by atoms with Crippen molar-refractivity contribution in [2.75, 3.05) is 0 Å². The van der Waals surface area contributed by atoms with Crippen molar-refractivity contribution in [3.63, 3.8) is 0 Å². The molecular weight excluding hydrogens is 200 g/mol. The molecule has 0 spiro atoms. The van der Waals surface area contributed by atoms with Crippen molar-refractivity contribution >= 4 is 6.08 Å². The van der Waals surface area contributed by atoms with Crippen LogP contribution in [-0.4, -0.2) is 5.11 Å². The molecule has 0 heterocycles. The number of para-hydroxylation sites is 1. The Morgan fingerprint density at radius 2 is 2.06 bits per heavy atom. The molecule has 1 aromatic rings. The lowest BCUT2D eigenvalue weighted by molar-refractivity contribution is 0.468. The van der Waals surface area contributed by atoms with Crippen molar-refractivity contribution in [1.29, 1.82) is 10.5 Å². The second-order valence-electron chi connectivity index (χ2n) is 3.13. The van der Waals surface area contributed by atoms with E-state index < -0.39 is 0 Å². The summed E-state index contributed by atoms with van der Waals surface area (Å²) in [6.45, 7) is 3.59. The van der Waals surface area contributed by atoms with Gasteiger partial charge in [0.05, 0.1) is 0 Å². The SMILES string of the molecule is C=CCc1cccc(C=C(C#N)C#N)c1O. The molecule has 3 heteroatoms. The van der Waals surface area contributed by atoms with Gasteiger partial charge in [-0.05, 0) is 18.1 Å². The lowest BCUT2D eigenvalue weighted by atomic mass is 10.0. The van der Waals surface area contributed by atoms with E-state index in [1.165, 1.54) is 6.08 Å². The van der Waals surface area contributed by atoms with Crippen LogP contribution in [0.2, 0.25) is 0 Å². The van der Waals surface area contributed by atoms with Crippen LogP contribution < -0.4 is 0 Å². The fraction of sp³-hybridized carbons (Fsp3) is 0.0769. The van der Waals surface area contributed by atoms with Crippen molar-refractivity contribution in [2.24, 2.45) is 0 Å². The molecule has 1 rings (SSSR count). The largest absolute Gasteiger partial charge is 0.507 e. The Hall–Kier alpha value is -2.52. The Morgan fingerprint density at radius 3 is 2.62 bits per heavy atom. The smallest absolute Gasteiger partial charge is 0.130 e. The highest BCUT2D eigenvalue weighted by atomic mass is 16.3. The normalized spacial score (nSPS) is 8.62. The molecule has 16 heavy (non-hydrogen) atoms. The number of nitriles is 2. The molecule has 3 nitrogen and oxygen atoms in total. The zero-order valence-electron chi connectivity index (χ0n) is 8.64. The van der Waals surface area contributed by atoms with E-state index in [-0.39, 0.29) is 11.3 Å². The van der Waals surface area contributed by atoms with Gasteiger partial charge in [0.2, 0.25) is 0 Å². The summed E-state index contributed by atoms with van der Waals surface area (Å²) in [5.74, 6) is 0.0883. The number of hydrogen-bond donors (Lipinski definition) is 1. The van der Waals surface area contributed by atoms with Crippen LogP contribution in [-0.2, 0) is 6.42 Å². The molecule has 1 aromatic carbocycles. The number of nitrogens with zero attached hydrogens (tertiary/aromatic N) is 2. The standard InChI is InChI=1S/C13H10N2O/c1-2-4-11-5-3-6-12(13(11)16)7-10(8-14)9-15/h2-3,5-7,16H,1,4H2. The summed E-state index contributed by atoms with van der Waals surface area (Å²) in [4.78, 5) is 0. The minimum Gasteiger partial charge on any atom is -0.507 e. The van der Waals surface area contributed by atoms with Crippen molar-refractivity contribution in [1.82, 2.24) is 0 Å². The van der Waals surface area contributed by atoms with Gasteiger partial charge in [-0.1, -0.05) is 24.3 Å². The van der Waals surface area contributed by atoms with Crippen molar-refractivity contribution < 1.29 is 5.11 Å². The summed E-state index contributed by atoms with van der Waals surface area (Å²) in [5, 5.41) is 27.1. The molecule has 0 amide bonds. The first-order chi connectivity index (χ1) is 7.72. The van der Waals surface area contributed by atoms with Crippen LogP contribution >= 0.6 is 0 Å². The average Bonchev–Trinajstić information content (AvgIpc) is 2.30. The van der Waals surface area contributed by atoms with Gasteiger partial charge in [0, 0.05) is 5.56 Å². The molecule has 0 saturated carbocycles. The van der Waals surface area contributed by atoms with Crippen LogP contribution in [0.25, 0.3) is 6.08 Å². The molecule has 0 fully saturated rings. The molecule has 0 bridgehead atoms. The molecule has 0 radical (unpaired) electrons. The van der Waals surface area contributed by atoms with Gasteiger partial charge in [-0.3, -0.25) is 0 Å². The van der Waals surface area contributed by atoms with E-state index in [2.05, 4.69) is 6.58 Å². The first-order valence-electron chi connectivity index (χ1n) is 4.66. The van der Waals surface area contributed by atoms with Crippen molar-refractivity contribution in [3.8, 4) is 17.9 Å². The Labute approximate surface area is 94.2 Å². The average molecular weight is 210 g/mol. The van der Waals surface area contributed by atoms with Gasteiger partial charge < -0.3 is 5.11 Å². The monoisotopic (exact) mass is 210 g/mol. The molecular formula is C13H10N2O. The number of allylic oxidation sites excluding steroid dienone is 2. The first kappa shape index (κ1) is 11.6. The number of phenols is 1. The van der Waals surface area contributed by atoms with Gasteiger partial charge in [-0.25, -0.2) is 0 Å². The van der Waals surface area contributed by atoms with E-state index in [0.29, 0.717) is 12.0 Å². The van der Waals surface area contributed by atoms with Gasteiger partial charge in [-0.2, -0.15) is 10.5 Å². The number of rotatable bonds is 3. The zero-order valence-corrected chi connectivity index (χ0v) is 8.64. The van der Waals surface area contributed by atoms with E-state index in [4.69, 9.17) is 10.5 Å². The summed E-state index contributed by atoms with van der Waals surface area (Å²) >= 11 is 0. The molecule has 0 aliphatic rings. The molecule has 0 atom stereocenters. The molecule has 0 aliphatic heterocycles. The second-order valence-corrected chi connectivity index (χ2v) is 3.13. The number of hydrogen-bond acceptors (Lipinski definition) is 3. The second kappa shape index (κ2) is 5.38. The van der Waals surface area contributed by atoms with Gasteiger partial charge >= 0.3 is 0 Å². The highest BCUT2D eigenvalue weighted by molar-refractivity contribution is 5.67. The van der Waals surface area contributed by atoms with Crippen LogP contribution in [0.15, 0.2) is 36.4 Å². The minimum absolute atomic E-state index is 0.0361. The molecule has 1 N–H and O–H groups in total. The third kappa shape index (κ3) is 2.50. The maximum Gasteiger partial charge on any atom is 0.130 e. The lowest BCUT2D eigenvalue weighted by Gasteiger charge is -2.04. The van der Waals surface area contributed by atoms with E-state index in [9.17, 15) is 5.11 Å². The third-order valence-electron chi connectivity index (χ3n) is 2.06. The fourth-order valence-electron chi connectivity index (χ4n) is 1.29. The van der Waals surface area contributed by atoms with E-state index in [0.717, 1.165) is 5.56 Å². The third-order valence-corrected chi connectivity index (χ3v) is 2.06. The topological polar surface area (TPSA) is 67.8 Å². The Balaban J connectivity index is 3.22. The maximum atomic E-state index is 9.85. The van der Waals surface area contributed by atoms with Gasteiger partial charge in [-0.15, -0.1) is 6.58 Å². The van der Waals surface area contributed by atoms with Crippen LogP contribution in [0.5, 0.6) is 5.75 Å². The predicted molar refractivity (Wildman–Crippen MR) is 61.2 cm³/mol. The van der Waals surface area contributed by atoms with Crippen LogP contribution in [0, 0.1) is 22.7 Å². The molecule has 0 aromatic heterocycles. The molecule has 0 aliphatic carbocycles. The summed E-state index contributed by atoms with van der Waals surface area (Å²) in [5.41, 5.74) is 1.16. The lowest BCUT2D eigenvalue weighted by Crippen LogP contribution is -1.85. The molecule has 0 unspecified atom stereocenters. The number of phenolic OH excluding ortho intramolecular Hbond substituents is 1. The highest BCUT2D eigenvalue weighted by Crippen LogP contribution is 2.25. The predicted octanol–water partition coefficient (Wildman–Crippen LogP) is 2.55. The van der Waals surface area contributed by atoms with Gasteiger partial charge in [0.15, 0.2) is 0 Å². The summed E-state index contributed by atoms with van der Waals surface area (Å²) in [7, 11) is 0. The fourth-order valence-corrected chi connectivity index (χ4v) is 1.29. The quantitative estimate of drug-likeness (QED) is 0.615. The van der Waals surface area contributed by atoms with E-state index in [1.54, 1.807) is 36.4 Å². The minimum atomic E-state index is -0.0361. The number of aromatic hydroxyl groups is 1. The van der Waals surface area contributed by atoms with Crippen LogP contribution in [0.3, 0.4) is 0 Å². The Morgan fingerprint density at radius 1 is 1.38 bits per heavy atom. The molecule has 78 valence electrons. The Bertz CT molecular complexity index is 500. The summed E-state index contributed by atoms with van der Waals surface area (Å²) < 4.78 is 0. The summed E-state index contributed by atoms with van der Waals surface area (Å²) in [6, 6.07) is 8.68. The van der Waals surface area contributed by atoms with Crippen LogP contribution in [0.4, 0.5) is 0 Å².